The molecule has 17 heavy (non-hydrogen) atoms. The summed E-state index contributed by atoms with van der Waals surface area (Å²) in [6, 6.07) is 10.3. The van der Waals surface area contributed by atoms with Gasteiger partial charge in [0.05, 0.1) is 5.54 Å². The van der Waals surface area contributed by atoms with Crippen molar-refractivity contribution in [2.45, 2.75) is 25.3 Å². The zero-order valence-corrected chi connectivity index (χ0v) is 11.3. The molecule has 1 N–H and O–H groups in total. The minimum absolute atomic E-state index is 0.0473. The molecule has 1 aromatic rings. The fourth-order valence-electron chi connectivity index (χ4n) is 2.49. The van der Waals surface area contributed by atoms with E-state index >= 15 is 0 Å². The van der Waals surface area contributed by atoms with Gasteiger partial charge in [0.15, 0.2) is 0 Å². The zero-order valence-electron chi connectivity index (χ0n) is 10.1. The smallest absolute Gasteiger partial charge is 0.217 e. The first kappa shape index (κ1) is 12.5. The van der Waals surface area contributed by atoms with Crippen molar-refractivity contribution in [2.24, 2.45) is 0 Å². The molecule has 1 fully saturated rings. The van der Waals surface area contributed by atoms with Gasteiger partial charge in [0.2, 0.25) is 5.91 Å². The Morgan fingerprint density at radius 2 is 1.88 bits per heavy atom. The van der Waals surface area contributed by atoms with E-state index in [0.717, 1.165) is 25.9 Å². The van der Waals surface area contributed by atoms with Crippen molar-refractivity contribution >= 4 is 15.3 Å². The quantitative estimate of drug-likeness (QED) is 0.813. The van der Waals surface area contributed by atoms with E-state index in [2.05, 4.69) is 31.5 Å². The highest BCUT2D eigenvalue weighted by Crippen LogP contribution is 2.33. The van der Waals surface area contributed by atoms with E-state index in [0.29, 0.717) is 0 Å². The Kier molecular flexibility index (Phi) is 3.80. The summed E-state index contributed by atoms with van der Waals surface area (Å²) >= 11 is 0. The number of nitrogens with zero attached hydrogens (tertiary/aromatic N) is 1. The normalized spacial score (nSPS) is 19.9. The number of hydrogen-bond acceptors (Lipinski definition) is 2. The van der Waals surface area contributed by atoms with Crippen LogP contribution < -0.4 is 5.32 Å². The molecule has 4 heteroatoms. The molecule has 0 radical (unpaired) electrons. The van der Waals surface area contributed by atoms with Crippen LogP contribution >= 0.6 is 9.39 Å². The van der Waals surface area contributed by atoms with E-state index in [-0.39, 0.29) is 11.4 Å². The molecule has 0 aromatic heterocycles. The zero-order chi connectivity index (χ0) is 12.3. The number of nitrogens with one attached hydrogen (secondary N) is 1. The number of piperidine rings is 1. The summed E-state index contributed by atoms with van der Waals surface area (Å²) in [4.78, 5) is 11.4. The molecule has 3 nitrogen and oxygen atoms in total. The van der Waals surface area contributed by atoms with Gasteiger partial charge in [-0.15, -0.1) is 0 Å². The summed E-state index contributed by atoms with van der Waals surface area (Å²) < 4.78 is 2.23. The van der Waals surface area contributed by atoms with Crippen LogP contribution in [0.3, 0.4) is 0 Å². The Morgan fingerprint density at radius 3 is 2.41 bits per heavy atom. The van der Waals surface area contributed by atoms with Crippen LogP contribution in [0.25, 0.3) is 0 Å². The molecule has 1 amide bonds. The lowest BCUT2D eigenvalue weighted by molar-refractivity contribution is -0.121. The lowest BCUT2D eigenvalue weighted by Gasteiger charge is -2.41. The highest BCUT2D eigenvalue weighted by Gasteiger charge is 2.35. The number of hydrogen-bond donors (Lipinski definition) is 1. The summed E-state index contributed by atoms with van der Waals surface area (Å²) in [5.41, 5.74) is 1.04. The third-order valence-corrected chi connectivity index (χ3v) is 3.91. The van der Waals surface area contributed by atoms with Crippen molar-refractivity contribution in [1.82, 2.24) is 9.99 Å². The van der Waals surface area contributed by atoms with Gasteiger partial charge >= 0.3 is 0 Å². The highest BCUT2D eigenvalue weighted by molar-refractivity contribution is 7.13. The predicted molar refractivity (Wildman–Crippen MR) is 72.5 cm³/mol. The van der Waals surface area contributed by atoms with Crippen LogP contribution in [-0.4, -0.2) is 23.7 Å². The average Bonchev–Trinajstić information content (AvgIpc) is 2.33. The molecule has 1 unspecified atom stereocenters. The number of benzene rings is 1. The molecule has 0 bridgehead atoms. The Morgan fingerprint density at radius 1 is 1.29 bits per heavy atom. The number of carbonyl (C=O) groups excluding carboxylic acids is 1. The van der Waals surface area contributed by atoms with Gasteiger partial charge in [-0.2, -0.15) is 0 Å². The van der Waals surface area contributed by atoms with Gasteiger partial charge in [-0.3, -0.25) is 9.46 Å². The maximum Gasteiger partial charge on any atom is 0.217 e. The van der Waals surface area contributed by atoms with Crippen molar-refractivity contribution in [3.05, 3.63) is 35.9 Å². The molecule has 0 spiro atoms. The van der Waals surface area contributed by atoms with Gasteiger partial charge in [-0.05, 0) is 18.4 Å². The molecule has 0 aliphatic carbocycles. The second kappa shape index (κ2) is 5.16. The van der Waals surface area contributed by atoms with Gasteiger partial charge < -0.3 is 5.32 Å². The predicted octanol–water partition coefficient (Wildman–Crippen LogP) is 1.90. The van der Waals surface area contributed by atoms with Gasteiger partial charge in [0.25, 0.3) is 0 Å². The Balaban J connectivity index is 2.27. The third-order valence-electron chi connectivity index (χ3n) is 3.39. The minimum atomic E-state index is -0.180. The number of carbonyl (C=O) groups is 1. The lowest BCUT2D eigenvalue weighted by Crippen LogP contribution is -2.50. The Labute approximate surface area is 105 Å². The average molecular weight is 250 g/mol. The summed E-state index contributed by atoms with van der Waals surface area (Å²) in [6.45, 7) is 3.57. The van der Waals surface area contributed by atoms with Gasteiger partial charge in [-0.25, -0.2) is 0 Å². The first-order valence-corrected chi connectivity index (χ1v) is 6.48. The highest BCUT2D eigenvalue weighted by atomic mass is 31.0. The molecule has 1 aromatic carbocycles. The van der Waals surface area contributed by atoms with Crippen molar-refractivity contribution in [3.63, 3.8) is 0 Å². The second-order valence-corrected chi connectivity index (χ2v) is 5.40. The lowest BCUT2D eigenvalue weighted by atomic mass is 9.81. The first-order valence-electron chi connectivity index (χ1n) is 5.96. The summed E-state index contributed by atoms with van der Waals surface area (Å²) in [7, 11) is 2.74. The van der Waals surface area contributed by atoms with Crippen molar-refractivity contribution < 1.29 is 4.79 Å². The van der Waals surface area contributed by atoms with Gasteiger partial charge in [0, 0.05) is 20.0 Å². The summed E-state index contributed by atoms with van der Waals surface area (Å²) in [5.74, 6) is 0.0473. The molecule has 0 saturated carbocycles. The largest absolute Gasteiger partial charge is 0.347 e. The van der Waals surface area contributed by atoms with E-state index in [9.17, 15) is 4.79 Å². The van der Waals surface area contributed by atoms with Crippen molar-refractivity contribution in [3.8, 4) is 0 Å². The van der Waals surface area contributed by atoms with Crippen LogP contribution in [0, 0.1) is 0 Å². The van der Waals surface area contributed by atoms with E-state index < -0.39 is 0 Å². The minimum Gasteiger partial charge on any atom is -0.347 e. The molecular weight excluding hydrogens is 231 g/mol. The number of rotatable bonds is 2. The van der Waals surface area contributed by atoms with Crippen LogP contribution in [0.1, 0.15) is 25.3 Å². The molecule has 1 heterocycles. The van der Waals surface area contributed by atoms with E-state index in [1.807, 2.05) is 18.2 Å². The monoisotopic (exact) mass is 250 g/mol. The summed E-state index contributed by atoms with van der Waals surface area (Å²) in [5, 5.41) is 3.16. The maximum atomic E-state index is 11.4. The van der Waals surface area contributed by atoms with E-state index in [4.69, 9.17) is 0 Å². The SMILES string of the molecule is CC(=O)NC1(c2ccccc2)CCN(P)CC1. The topological polar surface area (TPSA) is 32.3 Å². The molecule has 2 rings (SSSR count). The first-order chi connectivity index (χ1) is 8.12. The second-order valence-electron chi connectivity index (χ2n) is 4.67. The van der Waals surface area contributed by atoms with E-state index in [1.165, 1.54) is 5.56 Å². The Bertz CT molecular complexity index is 386. The van der Waals surface area contributed by atoms with Crippen LogP contribution in [0.2, 0.25) is 0 Å². The molecular formula is C13H19N2OP. The molecule has 1 aliphatic heterocycles. The standard InChI is InChI=1S/C13H19N2OP/c1-11(16)14-13(7-9-15(17)10-8-13)12-5-3-2-4-6-12/h2-6H,7-10,17H2,1H3,(H,14,16). The molecule has 1 atom stereocenters. The fourth-order valence-corrected chi connectivity index (χ4v) is 2.74. The molecule has 1 saturated heterocycles. The summed E-state index contributed by atoms with van der Waals surface area (Å²) in [6.07, 6.45) is 1.92. The third kappa shape index (κ3) is 2.85. The Hall–Kier alpha value is -0.920. The molecule has 1 aliphatic rings. The van der Waals surface area contributed by atoms with Crippen LogP contribution in [-0.2, 0) is 10.3 Å². The van der Waals surface area contributed by atoms with Gasteiger partial charge in [-0.1, -0.05) is 39.7 Å². The van der Waals surface area contributed by atoms with Crippen molar-refractivity contribution in [1.29, 1.82) is 0 Å². The van der Waals surface area contributed by atoms with Crippen LogP contribution in [0.4, 0.5) is 0 Å². The van der Waals surface area contributed by atoms with Gasteiger partial charge in [0.1, 0.15) is 0 Å². The van der Waals surface area contributed by atoms with Crippen molar-refractivity contribution in [2.75, 3.05) is 13.1 Å². The van der Waals surface area contributed by atoms with Crippen LogP contribution in [0.15, 0.2) is 30.3 Å². The van der Waals surface area contributed by atoms with E-state index in [1.54, 1.807) is 6.92 Å². The maximum absolute atomic E-state index is 11.4. The van der Waals surface area contributed by atoms with Crippen LogP contribution in [0.5, 0.6) is 0 Å². The number of amides is 1. The fraction of sp³-hybridized carbons (Fsp3) is 0.462. The molecule has 92 valence electrons.